The molecule has 1 aromatic rings. The monoisotopic (exact) mass is 222 g/mol. The minimum atomic E-state index is -0.0458. The molecule has 0 unspecified atom stereocenters. The first-order valence-corrected chi connectivity index (χ1v) is 5.76. The van der Waals surface area contributed by atoms with E-state index in [0.29, 0.717) is 0 Å². The van der Waals surface area contributed by atoms with Crippen LogP contribution in [-0.2, 0) is 4.79 Å². The zero-order chi connectivity index (χ0) is 11.5. The topological polar surface area (TPSA) is 59.0 Å². The summed E-state index contributed by atoms with van der Waals surface area (Å²) in [5, 5.41) is 10.3. The number of carbonyl (C=O) groups is 1. The fourth-order valence-corrected chi connectivity index (χ4v) is 1.95. The number of nitrogens with zero attached hydrogens (tertiary/aromatic N) is 2. The third-order valence-corrected chi connectivity index (χ3v) is 2.79. The van der Waals surface area contributed by atoms with Gasteiger partial charge in [0, 0.05) is 12.1 Å². The lowest BCUT2D eigenvalue weighted by Gasteiger charge is -2.14. The number of anilines is 1. The molecule has 1 aromatic heterocycles. The summed E-state index contributed by atoms with van der Waals surface area (Å²) < 4.78 is 1.81. The average molecular weight is 222 g/mol. The van der Waals surface area contributed by atoms with Gasteiger partial charge < -0.3 is 10.6 Å². The molecule has 0 aromatic carbocycles. The van der Waals surface area contributed by atoms with Crippen molar-refractivity contribution in [3.05, 3.63) is 12.3 Å². The van der Waals surface area contributed by atoms with E-state index in [2.05, 4.69) is 15.7 Å². The summed E-state index contributed by atoms with van der Waals surface area (Å²) >= 11 is 0. The van der Waals surface area contributed by atoms with Gasteiger partial charge in [0.1, 0.15) is 5.82 Å². The van der Waals surface area contributed by atoms with Crippen molar-refractivity contribution in [2.24, 2.45) is 0 Å². The van der Waals surface area contributed by atoms with E-state index < -0.39 is 0 Å². The predicted molar refractivity (Wildman–Crippen MR) is 62.3 cm³/mol. The van der Waals surface area contributed by atoms with Crippen molar-refractivity contribution < 1.29 is 4.79 Å². The van der Waals surface area contributed by atoms with Gasteiger partial charge in [-0.25, -0.2) is 4.68 Å². The normalized spacial score (nSPS) is 20.3. The van der Waals surface area contributed by atoms with Gasteiger partial charge in [-0.1, -0.05) is 0 Å². The number of carbonyl (C=O) groups excluding carboxylic acids is 1. The van der Waals surface area contributed by atoms with Crippen LogP contribution in [0.2, 0.25) is 0 Å². The average Bonchev–Trinajstić information content (AvgIpc) is 2.86. The van der Waals surface area contributed by atoms with E-state index in [-0.39, 0.29) is 18.0 Å². The van der Waals surface area contributed by atoms with Crippen LogP contribution < -0.4 is 10.6 Å². The second-order valence-electron chi connectivity index (χ2n) is 4.39. The van der Waals surface area contributed by atoms with E-state index in [1.807, 2.05) is 24.6 Å². The van der Waals surface area contributed by atoms with Crippen molar-refractivity contribution in [1.29, 1.82) is 0 Å². The predicted octanol–water partition coefficient (Wildman–Crippen LogP) is 1.15. The quantitative estimate of drug-likeness (QED) is 0.806. The van der Waals surface area contributed by atoms with Crippen molar-refractivity contribution in [1.82, 2.24) is 15.1 Å². The summed E-state index contributed by atoms with van der Waals surface area (Å²) in [5.41, 5.74) is 0. The van der Waals surface area contributed by atoms with Crippen LogP contribution in [0.15, 0.2) is 12.3 Å². The second-order valence-corrected chi connectivity index (χ2v) is 4.39. The van der Waals surface area contributed by atoms with Gasteiger partial charge >= 0.3 is 0 Å². The van der Waals surface area contributed by atoms with Crippen molar-refractivity contribution in [3.63, 3.8) is 0 Å². The molecule has 0 radical (unpaired) electrons. The molecule has 1 atom stereocenters. The van der Waals surface area contributed by atoms with Gasteiger partial charge in [-0.3, -0.25) is 4.79 Å². The van der Waals surface area contributed by atoms with Crippen LogP contribution in [-0.4, -0.2) is 28.3 Å². The number of aromatic nitrogens is 2. The van der Waals surface area contributed by atoms with Gasteiger partial charge in [0.05, 0.1) is 12.2 Å². The van der Waals surface area contributed by atoms with Gasteiger partial charge in [0.2, 0.25) is 5.91 Å². The molecule has 0 bridgehead atoms. The smallest absolute Gasteiger partial charge is 0.242 e. The molecule has 0 saturated carbocycles. The maximum atomic E-state index is 11.9. The van der Waals surface area contributed by atoms with E-state index >= 15 is 0 Å². The zero-order valence-electron chi connectivity index (χ0n) is 9.73. The molecule has 16 heavy (non-hydrogen) atoms. The van der Waals surface area contributed by atoms with Gasteiger partial charge in [-0.05, 0) is 33.2 Å². The van der Waals surface area contributed by atoms with Crippen molar-refractivity contribution in [2.75, 3.05) is 11.9 Å². The number of amides is 1. The second kappa shape index (κ2) is 4.65. The van der Waals surface area contributed by atoms with Crippen molar-refractivity contribution >= 4 is 11.7 Å². The van der Waals surface area contributed by atoms with Crippen LogP contribution in [0, 0.1) is 0 Å². The van der Waals surface area contributed by atoms with Gasteiger partial charge in [-0.15, -0.1) is 0 Å². The van der Waals surface area contributed by atoms with E-state index in [0.717, 1.165) is 25.2 Å². The lowest BCUT2D eigenvalue weighted by molar-refractivity contribution is -0.117. The minimum Gasteiger partial charge on any atom is -0.310 e. The number of rotatable bonds is 3. The lowest BCUT2D eigenvalue weighted by atomic mass is 10.2. The Bertz CT molecular complexity index is 366. The summed E-state index contributed by atoms with van der Waals surface area (Å²) in [5.74, 6) is 0.814. The molecule has 88 valence electrons. The first-order valence-electron chi connectivity index (χ1n) is 5.76. The Morgan fingerprint density at radius 2 is 2.50 bits per heavy atom. The highest BCUT2D eigenvalue weighted by atomic mass is 16.2. The highest BCUT2D eigenvalue weighted by molar-refractivity contribution is 5.94. The van der Waals surface area contributed by atoms with Crippen molar-refractivity contribution in [2.45, 2.75) is 38.8 Å². The molecule has 2 rings (SSSR count). The Hall–Kier alpha value is -1.36. The summed E-state index contributed by atoms with van der Waals surface area (Å²) in [7, 11) is 0. The minimum absolute atomic E-state index is 0.0416. The van der Waals surface area contributed by atoms with E-state index in [1.165, 1.54) is 0 Å². The van der Waals surface area contributed by atoms with Crippen LogP contribution in [0.3, 0.4) is 0 Å². The largest absolute Gasteiger partial charge is 0.310 e. The molecule has 2 N–H and O–H groups in total. The Balaban J connectivity index is 2.02. The maximum absolute atomic E-state index is 11.9. The van der Waals surface area contributed by atoms with E-state index in [9.17, 15) is 4.79 Å². The SMILES string of the molecule is CC(C)n1nccc1NC(=O)[C@H]1CCCN1. The Labute approximate surface area is 95.2 Å². The molecule has 0 spiro atoms. The van der Waals surface area contributed by atoms with Gasteiger partial charge in [0.15, 0.2) is 0 Å². The molecule has 5 nitrogen and oxygen atoms in total. The first kappa shape index (κ1) is 11.1. The standard InChI is InChI=1S/C11H18N4O/c1-8(2)15-10(5-7-13-15)14-11(16)9-4-3-6-12-9/h5,7-9,12H,3-4,6H2,1-2H3,(H,14,16)/t9-/m1/s1. The van der Waals surface area contributed by atoms with Crippen molar-refractivity contribution in [3.8, 4) is 0 Å². The van der Waals surface area contributed by atoms with E-state index in [4.69, 9.17) is 0 Å². The third kappa shape index (κ3) is 2.24. The highest BCUT2D eigenvalue weighted by Gasteiger charge is 2.22. The van der Waals surface area contributed by atoms with Crippen LogP contribution in [0.1, 0.15) is 32.7 Å². The molecule has 0 aliphatic carbocycles. The van der Waals surface area contributed by atoms with E-state index in [1.54, 1.807) is 6.20 Å². The fraction of sp³-hybridized carbons (Fsp3) is 0.636. The molecular formula is C11H18N4O. The van der Waals surface area contributed by atoms with Gasteiger partial charge in [-0.2, -0.15) is 5.10 Å². The summed E-state index contributed by atoms with van der Waals surface area (Å²) in [6.45, 7) is 5.01. The fourth-order valence-electron chi connectivity index (χ4n) is 1.95. The number of hydrogen-bond donors (Lipinski definition) is 2. The molecular weight excluding hydrogens is 204 g/mol. The number of hydrogen-bond acceptors (Lipinski definition) is 3. The molecule has 5 heteroatoms. The Morgan fingerprint density at radius 3 is 3.12 bits per heavy atom. The first-order chi connectivity index (χ1) is 7.68. The summed E-state index contributed by atoms with van der Waals surface area (Å²) in [6.07, 6.45) is 3.70. The van der Waals surface area contributed by atoms with Crippen LogP contribution in [0.25, 0.3) is 0 Å². The number of nitrogens with one attached hydrogen (secondary N) is 2. The highest BCUT2D eigenvalue weighted by Crippen LogP contribution is 2.14. The molecule has 1 saturated heterocycles. The summed E-state index contributed by atoms with van der Waals surface area (Å²) in [6, 6.07) is 2.03. The molecule has 2 heterocycles. The Morgan fingerprint density at radius 1 is 1.69 bits per heavy atom. The lowest BCUT2D eigenvalue weighted by Crippen LogP contribution is -2.36. The maximum Gasteiger partial charge on any atom is 0.242 e. The molecule has 1 amide bonds. The summed E-state index contributed by atoms with van der Waals surface area (Å²) in [4.78, 5) is 11.9. The zero-order valence-corrected chi connectivity index (χ0v) is 9.73. The third-order valence-electron chi connectivity index (χ3n) is 2.79. The van der Waals surface area contributed by atoms with Crippen LogP contribution in [0.5, 0.6) is 0 Å². The van der Waals surface area contributed by atoms with Crippen LogP contribution in [0.4, 0.5) is 5.82 Å². The molecule has 1 aliphatic heterocycles. The van der Waals surface area contributed by atoms with Crippen LogP contribution >= 0.6 is 0 Å². The molecule has 1 aliphatic rings. The molecule has 1 fully saturated rings. The van der Waals surface area contributed by atoms with Gasteiger partial charge in [0.25, 0.3) is 0 Å². The Kier molecular flexibility index (Phi) is 3.24.